The predicted molar refractivity (Wildman–Crippen MR) is 118 cm³/mol. The molecule has 0 radical (unpaired) electrons. The van der Waals surface area contributed by atoms with Crippen molar-refractivity contribution >= 4 is 5.96 Å². The van der Waals surface area contributed by atoms with Crippen LogP contribution < -0.4 is 10.1 Å². The standard InChI is InChI=1S/C23H27FN6O/c1-17-8-10-29(15-21(17)30-11-9-26-16-30)23(25-2)28-14-18-6-7-22(27-13-18)31-20-5-3-4-19(24)12-20/h3-7,9,11-13,16-17,21H,8,10,14-15H2,1-2H3,(H,25,28). The summed E-state index contributed by atoms with van der Waals surface area (Å²) in [6.45, 7) is 4.74. The molecule has 2 atom stereocenters. The van der Waals surface area contributed by atoms with Gasteiger partial charge in [0.05, 0.1) is 12.4 Å². The highest BCUT2D eigenvalue weighted by molar-refractivity contribution is 5.80. The molecule has 3 aromatic rings. The Morgan fingerprint density at radius 2 is 2.23 bits per heavy atom. The first-order chi connectivity index (χ1) is 15.1. The lowest BCUT2D eigenvalue weighted by atomic mass is 9.93. The van der Waals surface area contributed by atoms with Gasteiger partial charge in [-0.05, 0) is 30.0 Å². The number of benzene rings is 1. The Balaban J connectivity index is 1.34. The predicted octanol–water partition coefficient (Wildman–Crippen LogP) is 3.87. The molecule has 162 valence electrons. The minimum absolute atomic E-state index is 0.341. The summed E-state index contributed by atoms with van der Waals surface area (Å²) < 4.78 is 21.1. The van der Waals surface area contributed by atoms with E-state index in [2.05, 4.69) is 36.7 Å². The van der Waals surface area contributed by atoms with Crippen molar-refractivity contribution in [3.63, 3.8) is 0 Å². The van der Waals surface area contributed by atoms with E-state index in [1.54, 1.807) is 31.4 Å². The number of aromatic nitrogens is 3. The number of likely N-dealkylation sites (tertiary alicyclic amines) is 1. The molecular formula is C23H27FN6O. The number of nitrogens with zero attached hydrogens (tertiary/aromatic N) is 5. The van der Waals surface area contributed by atoms with E-state index < -0.39 is 0 Å². The van der Waals surface area contributed by atoms with E-state index in [1.165, 1.54) is 12.1 Å². The molecule has 3 heterocycles. The fourth-order valence-electron chi connectivity index (χ4n) is 3.84. The number of ether oxygens (including phenoxy) is 1. The topological polar surface area (TPSA) is 67.6 Å². The Kier molecular flexibility index (Phi) is 6.45. The monoisotopic (exact) mass is 422 g/mol. The van der Waals surface area contributed by atoms with E-state index in [4.69, 9.17) is 4.74 Å². The number of halogens is 1. The maximum Gasteiger partial charge on any atom is 0.219 e. The van der Waals surface area contributed by atoms with Crippen molar-refractivity contribution in [3.05, 3.63) is 72.7 Å². The maximum atomic E-state index is 13.3. The van der Waals surface area contributed by atoms with Crippen LogP contribution in [-0.2, 0) is 6.54 Å². The van der Waals surface area contributed by atoms with Crippen molar-refractivity contribution in [2.24, 2.45) is 10.9 Å². The van der Waals surface area contributed by atoms with Gasteiger partial charge in [-0.25, -0.2) is 14.4 Å². The van der Waals surface area contributed by atoms with Crippen LogP contribution in [0.3, 0.4) is 0 Å². The molecule has 31 heavy (non-hydrogen) atoms. The number of rotatable bonds is 5. The Hall–Kier alpha value is -3.42. The molecule has 2 unspecified atom stereocenters. The third-order valence-corrected chi connectivity index (χ3v) is 5.60. The first-order valence-electron chi connectivity index (χ1n) is 10.4. The molecule has 0 spiro atoms. The van der Waals surface area contributed by atoms with Crippen LogP contribution in [0.2, 0.25) is 0 Å². The van der Waals surface area contributed by atoms with Gasteiger partial charge < -0.3 is 19.5 Å². The van der Waals surface area contributed by atoms with Gasteiger partial charge in [-0.1, -0.05) is 19.1 Å². The smallest absolute Gasteiger partial charge is 0.219 e. The quantitative estimate of drug-likeness (QED) is 0.499. The number of imidazole rings is 1. The molecule has 7 nitrogen and oxygen atoms in total. The van der Waals surface area contributed by atoms with Crippen LogP contribution in [0.1, 0.15) is 24.9 Å². The average molecular weight is 423 g/mol. The van der Waals surface area contributed by atoms with Gasteiger partial charge in [0.1, 0.15) is 11.6 Å². The highest BCUT2D eigenvalue weighted by Crippen LogP contribution is 2.27. The average Bonchev–Trinajstić information content (AvgIpc) is 3.31. The molecule has 1 aliphatic rings. The first-order valence-corrected chi connectivity index (χ1v) is 10.4. The van der Waals surface area contributed by atoms with Crippen LogP contribution >= 0.6 is 0 Å². The van der Waals surface area contributed by atoms with Crippen LogP contribution in [0.15, 0.2) is 66.3 Å². The summed E-state index contributed by atoms with van der Waals surface area (Å²) in [5, 5.41) is 3.43. The fourth-order valence-corrected chi connectivity index (χ4v) is 3.84. The molecule has 2 aromatic heterocycles. The summed E-state index contributed by atoms with van der Waals surface area (Å²) >= 11 is 0. The van der Waals surface area contributed by atoms with Crippen LogP contribution in [0.25, 0.3) is 0 Å². The van der Waals surface area contributed by atoms with Crippen molar-refractivity contribution < 1.29 is 9.13 Å². The Labute approximate surface area is 181 Å². The summed E-state index contributed by atoms with van der Waals surface area (Å²) in [7, 11) is 1.81. The zero-order valence-corrected chi connectivity index (χ0v) is 17.8. The molecular weight excluding hydrogens is 395 g/mol. The number of nitrogens with one attached hydrogen (secondary N) is 1. The number of hydrogen-bond donors (Lipinski definition) is 1. The highest BCUT2D eigenvalue weighted by Gasteiger charge is 2.28. The molecule has 1 aromatic carbocycles. The second kappa shape index (κ2) is 9.59. The number of piperidine rings is 1. The van der Waals surface area contributed by atoms with Gasteiger partial charge >= 0.3 is 0 Å². The van der Waals surface area contributed by atoms with E-state index in [-0.39, 0.29) is 5.82 Å². The van der Waals surface area contributed by atoms with Gasteiger partial charge in [0, 0.05) is 57.4 Å². The highest BCUT2D eigenvalue weighted by atomic mass is 19.1. The van der Waals surface area contributed by atoms with Crippen molar-refractivity contribution in [3.8, 4) is 11.6 Å². The van der Waals surface area contributed by atoms with Crippen molar-refractivity contribution in [2.75, 3.05) is 20.1 Å². The molecule has 4 rings (SSSR count). The fraction of sp³-hybridized carbons (Fsp3) is 0.348. The maximum absolute atomic E-state index is 13.3. The minimum Gasteiger partial charge on any atom is -0.439 e. The molecule has 1 aliphatic heterocycles. The lowest BCUT2D eigenvalue weighted by Gasteiger charge is -2.39. The number of guanidine groups is 1. The third kappa shape index (κ3) is 5.20. The second-order valence-electron chi connectivity index (χ2n) is 7.75. The molecule has 8 heteroatoms. The van der Waals surface area contributed by atoms with E-state index in [0.29, 0.717) is 30.1 Å². The van der Waals surface area contributed by atoms with Gasteiger partial charge in [-0.2, -0.15) is 0 Å². The third-order valence-electron chi connectivity index (χ3n) is 5.60. The minimum atomic E-state index is -0.341. The second-order valence-corrected chi connectivity index (χ2v) is 7.75. The number of pyridine rings is 1. The molecule has 0 aliphatic carbocycles. The lowest BCUT2D eigenvalue weighted by Crippen LogP contribution is -2.48. The first kappa shape index (κ1) is 20.8. The Morgan fingerprint density at radius 1 is 1.32 bits per heavy atom. The molecule has 0 bridgehead atoms. The van der Waals surface area contributed by atoms with E-state index in [0.717, 1.165) is 31.0 Å². The van der Waals surface area contributed by atoms with Gasteiger partial charge in [0.15, 0.2) is 5.96 Å². The summed E-state index contributed by atoms with van der Waals surface area (Å²) in [6.07, 6.45) is 8.59. The summed E-state index contributed by atoms with van der Waals surface area (Å²) in [6, 6.07) is 10.1. The van der Waals surface area contributed by atoms with E-state index in [1.807, 2.05) is 24.8 Å². The SMILES string of the molecule is CN=C(NCc1ccc(Oc2cccc(F)c2)nc1)N1CCC(C)C(n2ccnc2)C1. The van der Waals surface area contributed by atoms with Crippen LogP contribution in [-0.4, -0.2) is 45.5 Å². The van der Waals surface area contributed by atoms with Crippen LogP contribution in [0.5, 0.6) is 11.6 Å². The lowest BCUT2D eigenvalue weighted by molar-refractivity contribution is 0.189. The molecule has 1 fully saturated rings. The molecule has 0 saturated carbocycles. The number of aliphatic imine (C=N–C) groups is 1. The zero-order valence-electron chi connectivity index (χ0n) is 17.8. The van der Waals surface area contributed by atoms with Gasteiger partial charge in [-0.15, -0.1) is 0 Å². The van der Waals surface area contributed by atoms with Crippen molar-refractivity contribution in [2.45, 2.75) is 25.9 Å². The van der Waals surface area contributed by atoms with E-state index in [9.17, 15) is 4.39 Å². The Bertz CT molecular complexity index is 1010. The number of hydrogen-bond acceptors (Lipinski definition) is 4. The normalized spacial score (nSPS) is 19.3. The molecule has 1 N–H and O–H groups in total. The summed E-state index contributed by atoms with van der Waals surface area (Å²) in [5.74, 6) is 1.96. The van der Waals surface area contributed by atoms with Crippen molar-refractivity contribution in [1.29, 1.82) is 0 Å². The summed E-state index contributed by atoms with van der Waals surface area (Å²) in [4.78, 5) is 15.3. The Morgan fingerprint density at radius 3 is 2.94 bits per heavy atom. The van der Waals surface area contributed by atoms with Gasteiger partial charge in [-0.3, -0.25) is 4.99 Å². The zero-order chi connectivity index (χ0) is 21.6. The van der Waals surface area contributed by atoms with Gasteiger partial charge in [0.2, 0.25) is 5.88 Å². The summed E-state index contributed by atoms with van der Waals surface area (Å²) in [5.41, 5.74) is 1.00. The van der Waals surface area contributed by atoms with E-state index >= 15 is 0 Å². The van der Waals surface area contributed by atoms with Crippen LogP contribution in [0.4, 0.5) is 4.39 Å². The van der Waals surface area contributed by atoms with Gasteiger partial charge in [0.25, 0.3) is 0 Å². The largest absolute Gasteiger partial charge is 0.439 e. The van der Waals surface area contributed by atoms with Crippen molar-refractivity contribution in [1.82, 2.24) is 24.8 Å². The molecule has 0 amide bonds. The van der Waals surface area contributed by atoms with Crippen LogP contribution in [0, 0.1) is 11.7 Å². The molecule has 1 saturated heterocycles.